The van der Waals surface area contributed by atoms with E-state index in [0.717, 1.165) is 19.3 Å². The van der Waals surface area contributed by atoms with Crippen molar-refractivity contribution in [2.24, 2.45) is 11.3 Å². The summed E-state index contributed by atoms with van der Waals surface area (Å²) in [6.07, 6.45) is 2.72. The lowest BCUT2D eigenvalue weighted by Gasteiger charge is -2.25. The SMILES string of the molecule is CC1(C)CCCC1C(=O)Cc1c(F)cccc1F. The highest BCUT2D eigenvalue weighted by molar-refractivity contribution is 5.84. The van der Waals surface area contributed by atoms with Crippen molar-refractivity contribution in [1.29, 1.82) is 0 Å². The van der Waals surface area contributed by atoms with Crippen LogP contribution in [0.15, 0.2) is 18.2 Å². The Hall–Kier alpha value is -1.25. The quantitative estimate of drug-likeness (QED) is 0.797. The number of ketones is 1. The van der Waals surface area contributed by atoms with Crippen molar-refractivity contribution >= 4 is 5.78 Å². The highest BCUT2D eigenvalue weighted by atomic mass is 19.1. The van der Waals surface area contributed by atoms with E-state index in [1.54, 1.807) is 0 Å². The van der Waals surface area contributed by atoms with Crippen molar-refractivity contribution in [3.8, 4) is 0 Å². The molecule has 1 aromatic carbocycles. The number of benzene rings is 1. The fraction of sp³-hybridized carbons (Fsp3) is 0.533. The average Bonchev–Trinajstić information content (AvgIpc) is 2.63. The number of hydrogen-bond donors (Lipinski definition) is 0. The van der Waals surface area contributed by atoms with E-state index >= 15 is 0 Å². The van der Waals surface area contributed by atoms with Crippen LogP contribution in [0.3, 0.4) is 0 Å². The van der Waals surface area contributed by atoms with Crippen LogP contribution in [0, 0.1) is 23.0 Å². The van der Waals surface area contributed by atoms with Gasteiger partial charge in [0.2, 0.25) is 0 Å². The molecule has 2 rings (SSSR count). The van der Waals surface area contributed by atoms with E-state index in [4.69, 9.17) is 0 Å². The molecule has 0 spiro atoms. The Morgan fingerprint density at radius 3 is 2.44 bits per heavy atom. The lowest BCUT2D eigenvalue weighted by atomic mass is 9.78. The second-order valence-electron chi connectivity index (χ2n) is 5.78. The van der Waals surface area contributed by atoms with Crippen LogP contribution >= 0.6 is 0 Å². The maximum Gasteiger partial charge on any atom is 0.141 e. The molecule has 0 N–H and O–H groups in total. The molecule has 1 unspecified atom stereocenters. The molecule has 18 heavy (non-hydrogen) atoms. The van der Waals surface area contributed by atoms with E-state index in [1.807, 2.05) is 0 Å². The minimum absolute atomic E-state index is 0.0403. The first-order chi connectivity index (χ1) is 8.42. The molecule has 0 aromatic heterocycles. The molecule has 0 aliphatic heterocycles. The van der Waals surface area contributed by atoms with E-state index in [2.05, 4.69) is 13.8 Å². The summed E-state index contributed by atoms with van der Waals surface area (Å²) < 4.78 is 27.0. The molecule has 0 saturated heterocycles. The Balaban J connectivity index is 2.17. The van der Waals surface area contributed by atoms with E-state index in [1.165, 1.54) is 18.2 Å². The van der Waals surface area contributed by atoms with Crippen LogP contribution in [-0.2, 0) is 11.2 Å². The zero-order valence-electron chi connectivity index (χ0n) is 10.8. The van der Waals surface area contributed by atoms with Crippen LogP contribution in [0.4, 0.5) is 8.78 Å². The summed E-state index contributed by atoms with van der Waals surface area (Å²) >= 11 is 0. The van der Waals surface area contributed by atoms with Gasteiger partial charge in [-0.1, -0.05) is 26.3 Å². The van der Waals surface area contributed by atoms with Crippen LogP contribution in [-0.4, -0.2) is 5.78 Å². The predicted molar refractivity (Wildman–Crippen MR) is 66.2 cm³/mol. The van der Waals surface area contributed by atoms with Gasteiger partial charge in [-0.05, 0) is 30.4 Å². The molecule has 1 aromatic rings. The summed E-state index contributed by atoms with van der Waals surface area (Å²) in [5.74, 6) is -1.36. The number of halogens is 2. The molecule has 1 aliphatic rings. The zero-order chi connectivity index (χ0) is 13.3. The van der Waals surface area contributed by atoms with Crippen molar-refractivity contribution in [2.75, 3.05) is 0 Å². The molecule has 0 amide bonds. The summed E-state index contributed by atoms with van der Waals surface area (Å²) in [6, 6.07) is 3.72. The Morgan fingerprint density at radius 2 is 1.94 bits per heavy atom. The van der Waals surface area contributed by atoms with Crippen LogP contribution in [0.25, 0.3) is 0 Å². The Kier molecular flexibility index (Phi) is 3.51. The summed E-state index contributed by atoms with van der Waals surface area (Å²) in [5.41, 5.74) is -0.135. The highest BCUT2D eigenvalue weighted by Gasteiger charge is 2.39. The molecule has 1 fully saturated rings. The van der Waals surface area contributed by atoms with Gasteiger partial charge >= 0.3 is 0 Å². The first kappa shape index (κ1) is 13.2. The number of hydrogen-bond acceptors (Lipinski definition) is 1. The van der Waals surface area contributed by atoms with Gasteiger partial charge in [0.15, 0.2) is 0 Å². The van der Waals surface area contributed by atoms with Gasteiger partial charge in [-0.15, -0.1) is 0 Å². The van der Waals surface area contributed by atoms with E-state index < -0.39 is 11.6 Å². The first-order valence-electron chi connectivity index (χ1n) is 6.37. The van der Waals surface area contributed by atoms with Crippen molar-refractivity contribution in [3.63, 3.8) is 0 Å². The first-order valence-corrected chi connectivity index (χ1v) is 6.37. The Labute approximate surface area is 106 Å². The smallest absolute Gasteiger partial charge is 0.141 e. The zero-order valence-corrected chi connectivity index (χ0v) is 10.8. The monoisotopic (exact) mass is 252 g/mol. The van der Waals surface area contributed by atoms with Crippen molar-refractivity contribution < 1.29 is 13.6 Å². The molecular weight excluding hydrogens is 234 g/mol. The summed E-state index contributed by atoms with van der Waals surface area (Å²) in [5, 5.41) is 0. The summed E-state index contributed by atoms with van der Waals surface area (Å²) in [7, 11) is 0. The molecule has 1 atom stereocenters. The van der Waals surface area contributed by atoms with Crippen LogP contribution in [0.2, 0.25) is 0 Å². The number of Topliss-reactive ketones (excluding diaryl/α,β-unsaturated/α-hetero) is 1. The maximum absolute atomic E-state index is 13.5. The molecule has 98 valence electrons. The molecule has 0 bridgehead atoms. The third-order valence-corrected chi connectivity index (χ3v) is 4.06. The van der Waals surface area contributed by atoms with Crippen molar-refractivity contribution in [1.82, 2.24) is 0 Å². The van der Waals surface area contributed by atoms with Gasteiger partial charge in [-0.2, -0.15) is 0 Å². The second kappa shape index (κ2) is 4.79. The third-order valence-electron chi connectivity index (χ3n) is 4.06. The maximum atomic E-state index is 13.5. The topological polar surface area (TPSA) is 17.1 Å². The van der Waals surface area contributed by atoms with Gasteiger partial charge in [0.05, 0.1) is 0 Å². The average molecular weight is 252 g/mol. The lowest BCUT2D eigenvalue weighted by molar-refractivity contribution is -0.124. The van der Waals surface area contributed by atoms with Crippen LogP contribution < -0.4 is 0 Å². The fourth-order valence-corrected chi connectivity index (χ4v) is 2.92. The van der Waals surface area contributed by atoms with Crippen molar-refractivity contribution in [2.45, 2.75) is 39.5 Å². The van der Waals surface area contributed by atoms with Gasteiger partial charge in [0.1, 0.15) is 17.4 Å². The number of carbonyl (C=O) groups excluding carboxylic acids is 1. The normalized spacial score (nSPS) is 22.1. The Morgan fingerprint density at radius 1 is 1.33 bits per heavy atom. The standard InChI is InChI=1S/C15H18F2O/c1-15(2)8-4-5-11(15)14(18)9-10-12(16)6-3-7-13(10)17/h3,6-7,11H,4-5,8-9H2,1-2H3. The van der Waals surface area contributed by atoms with Crippen LogP contribution in [0.1, 0.15) is 38.7 Å². The number of rotatable bonds is 3. The number of carbonyl (C=O) groups is 1. The molecule has 1 nitrogen and oxygen atoms in total. The van der Waals surface area contributed by atoms with E-state index in [0.29, 0.717) is 0 Å². The molecule has 0 radical (unpaired) electrons. The Bertz CT molecular complexity index is 445. The van der Waals surface area contributed by atoms with E-state index in [-0.39, 0.29) is 29.1 Å². The van der Waals surface area contributed by atoms with E-state index in [9.17, 15) is 13.6 Å². The van der Waals surface area contributed by atoms with Gasteiger partial charge < -0.3 is 0 Å². The van der Waals surface area contributed by atoms with Crippen molar-refractivity contribution in [3.05, 3.63) is 35.4 Å². The van der Waals surface area contributed by atoms with Gasteiger partial charge in [-0.3, -0.25) is 4.79 Å². The minimum Gasteiger partial charge on any atom is -0.299 e. The van der Waals surface area contributed by atoms with Gasteiger partial charge in [0, 0.05) is 17.9 Å². The highest BCUT2D eigenvalue weighted by Crippen LogP contribution is 2.43. The molecular formula is C15H18F2O. The molecule has 1 saturated carbocycles. The van der Waals surface area contributed by atoms with Gasteiger partial charge in [0.25, 0.3) is 0 Å². The lowest BCUT2D eigenvalue weighted by Crippen LogP contribution is -2.27. The summed E-state index contributed by atoms with van der Waals surface area (Å²) in [6.45, 7) is 4.11. The molecule has 3 heteroatoms. The fourth-order valence-electron chi connectivity index (χ4n) is 2.92. The van der Waals surface area contributed by atoms with Crippen LogP contribution in [0.5, 0.6) is 0 Å². The third kappa shape index (κ3) is 2.45. The molecule has 1 aliphatic carbocycles. The van der Waals surface area contributed by atoms with Gasteiger partial charge in [-0.25, -0.2) is 8.78 Å². The summed E-state index contributed by atoms with van der Waals surface area (Å²) in [4.78, 5) is 12.2. The minimum atomic E-state index is -0.626. The largest absolute Gasteiger partial charge is 0.299 e. The predicted octanol–water partition coefficient (Wildman–Crippen LogP) is 3.90. The second-order valence-corrected chi connectivity index (χ2v) is 5.78. The molecule has 0 heterocycles.